The molecule has 0 unspecified atom stereocenters. The zero-order valence-corrected chi connectivity index (χ0v) is 19.8. The zero-order chi connectivity index (χ0) is 24.5. The Morgan fingerprint density at radius 2 is 1.54 bits per heavy atom. The lowest BCUT2D eigenvalue weighted by Gasteiger charge is -2.08. The SMILES string of the molecule is Nc1[c]oc2cccc(C(=O)c3ccc(OCCCCCCCCc4ccccc4)cc3)c2c1=O. The van der Waals surface area contributed by atoms with E-state index in [2.05, 4.69) is 36.6 Å². The van der Waals surface area contributed by atoms with Crippen LogP contribution in [0.3, 0.4) is 0 Å². The Hall–Kier alpha value is -3.86. The molecule has 0 aliphatic carbocycles. The van der Waals surface area contributed by atoms with E-state index in [9.17, 15) is 9.59 Å². The fourth-order valence-electron chi connectivity index (χ4n) is 4.16. The van der Waals surface area contributed by atoms with Gasteiger partial charge >= 0.3 is 0 Å². The number of hydrogen-bond acceptors (Lipinski definition) is 5. The highest BCUT2D eigenvalue weighted by atomic mass is 16.5. The average Bonchev–Trinajstić information content (AvgIpc) is 2.90. The van der Waals surface area contributed by atoms with Crippen molar-refractivity contribution in [2.24, 2.45) is 0 Å². The lowest BCUT2D eigenvalue weighted by molar-refractivity contribution is 0.104. The number of carbonyl (C=O) groups is 1. The molecule has 4 aromatic rings. The van der Waals surface area contributed by atoms with E-state index < -0.39 is 5.43 Å². The van der Waals surface area contributed by atoms with Crippen molar-refractivity contribution in [2.45, 2.75) is 44.9 Å². The summed E-state index contributed by atoms with van der Waals surface area (Å²) in [4.78, 5) is 25.5. The molecular weight excluding hydrogens is 438 g/mol. The highest BCUT2D eigenvalue weighted by Crippen LogP contribution is 2.21. The second-order valence-electron chi connectivity index (χ2n) is 8.68. The third-order valence-corrected chi connectivity index (χ3v) is 6.10. The predicted octanol–water partition coefficient (Wildman–Crippen LogP) is 6.37. The van der Waals surface area contributed by atoms with E-state index in [0.29, 0.717) is 12.2 Å². The van der Waals surface area contributed by atoms with Crippen molar-refractivity contribution >= 4 is 22.4 Å². The number of rotatable bonds is 12. The predicted molar refractivity (Wildman–Crippen MR) is 139 cm³/mol. The van der Waals surface area contributed by atoms with Crippen LogP contribution in [0.15, 0.2) is 82.0 Å². The molecule has 0 atom stereocenters. The molecule has 2 N–H and O–H groups in total. The van der Waals surface area contributed by atoms with E-state index >= 15 is 0 Å². The van der Waals surface area contributed by atoms with E-state index in [1.165, 1.54) is 31.2 Å². The molecule has 0 fully saturated rings. The number of ketones is 1. The number of nitrogen functional groups attached to an aromatic ring is 1. The summed E-state index contributed by atoms with van der Waals surface area (Å²) in [6.07, 6.45) is 10.6. The monoisotopic (exact) mass is 468 g/mol. The van der Waals surface area contributed by atoms with Gasteiger partial charge in [0.15, 0.2) is 12.0 Å². The first-order chi connectivity index (χ1) is 17.1. The number of benzene rings is 3. The number of fused-ring (bicyclic) bond motifs is 1. The molecule has 0 aliphatic rings. The van der Waals surface area contributed by atoms with Gasteiger partial charge in [-0.05, 0) is 55.2 Å². The maximum atomic E-state index is 13.1. The van der Waals surface area contributed by atoms with Crippen molar-refractivity contribution in [3.05, 3.63) is 106 Å². The van der Waals surface area contributed by atoms with Crippen molar-refractivity contribution in [3.63, 3.8) is 0 Å². The second-order valence-corrected chi connectivity index (χ2v) is 8.68. The minimum atomic E-state index is -0.452. The van der Waals surface area contributed by atoms with Gasteiger partial charge in [-0.1, -0.05) is 68.1 Å². The number of aryl methyl sites for hydroxylation is 1. The fourth-order valence-corrected chi connectivity index (χ4v) is 4.16. The first kappa shape index (κ1) is 24.3. The second kappa shape index (κ2) is 12.0. The van der Waals surface area contributed by atoms with Crippen LogP contribution < -0.4 is 15.9 Å². The van der Waals surface area contributed by atoms with Crippen LogP contribution in [0.5, 0.6) is 5.75 Å². The zero-order valence-electron chi connectivity index (χ0n) is 19.8. The van der Waals surface area contributed by atoms with Crippen LogP contribution >= 0.6 is 0 Å². The first-order valence-corrected chi connectivity index (χ1v) is 12.2. The Bertz CT molecular complexity index is 1310. The standard InChI is InChI=1S/C30H30NO4/c31-26-21-35-27-15-10-14-25(28(27)30(26)33)29(32)23-16-18-24(19-17-23)34-20-9-4-2-1-3-6-11-22-12-7-5-8-13-22/h5,7-8,10,12-19H,1-4,6,9,11,20,31H2. The molecule has 0 saturated heterocycles. The maximum absolute atomic E-state index is 13.1. The summed E-state index contributed by atoms with van der Waals surface area (Å²) < 4.78 is 11.1. The first-order valence-electron chi connectivity index (χ1n) is 12.2. The molecule has 1 aromatic heterocycles. The summed E-state index contributed by atoms with van der Waals surface area (Å²) in [6.45, 7) is 0.650. The van der Waals surface area contributed by atoms with Crippen LogP contribution in [-0.2, 0) is 6.42 Å². The largest absolute Gasteiger partial charge is 0.494 e. The molecule has 179 valence electrons. The molecule has 1 heterocycles. The molecule has 35 heavy (non-hydrogen) atoms. The van der Waals surface area contributed by atoms with Crippen molar-refractivity contribution in [1.29, 1.82) is 0 Å². The number of unbranched alkanes of at least 4 members (excludes halogenated alkanes) is 5. The Balaban J connectivity index is 1.20. The Morgan fingerprint density at radius 3 is 2.31 bits per heavy atom. The number of hydrogen-bond donors (Lipinski definition) is 1. The summed E-state index contributed by atoms with van der Waals surface area (Å²) in [5.41, 5.74) is 7.47. The fraction of sp³-hybridized carbons (Fsp3) is 0.267. The van der Waals surface area contributed by atoms with Gasteiger partial charge in [0.05, 0.1) is 12.0 Å². The highest BCUT2D eigenvalue weighted by molar-refractivity contribution is 6.16. The third-order valence-electron chi connectivity index (χ3n) is 6.10. The van der Waals surface area contributed by atoms with Crippen molar-refractivity contribution in [3.8, 4) is 5.75 Å². The van der Waals surface area contributed by atoms with Crippen molar-refractivity contribution in [1.82, 2.24) is 0 Å². The molecule has 1 radical (unpaired) electrons. The number of carbonyl (C=O) groups excluding carboxylic acids is 1. The molecule has 5 nitrogen and oxygen atoms in total. The summed E-state index contributed by atoms with van der Waals surface area (Å²) in [7, 11) is 0. The molecule has 3 aromatic carbocycles. The van der Waals surface area contributed by atoms with Gasteiger partial charge in [0.1, 0.15) is 17.0 Å². The van der Waals surface area contributed by atoms with Gasteiger partial charge in [0, 0.05) is 11.1 Å². The third kappa shape index (κ3) is 6.38. The van der Waals surface area contributed by atoms with E-state index in [-0.39, 0.29) is 28.0 Å². The van der Waals surface area contributed by atoms with Gasteiger partial charge in [0.25, 0.3) is 0 Å². The topological polar surface area (TPSA) is 82.5 Å². The van der Waals surface area contributed by atoms with Crippen LogP contribution in [0, 0.1) is 6.26 Å². The quantitative estimate of drug-likeness (QED) is 0.193. The molecule has 0 aliphatic heterocycles. The lowest BCUT2D eigenvalue weighted by Crippen LogP contribution is -2.13. The van der Waals surface area contributed by atoms with E-state index in [0.717, 1.165) is 25.0 Å². The number of anilines is 1. The lowest BCUT2D eigenvalue weighted by atomic mass is 9.99. The average molecular weight is 469 g/mol. The smallest absolute Gasteiger partial charge is 0.217 e. The maximum Gasteiger partial charge on any atom is 0.217 e. The highest BCUT2D eigenvalue weighted by Gasteiger charge is 2.17. The van der Waals surface area contributed by atoms with E-state index in [1.54, 1.807) is 42.5 Å². The summed E-state index contributed by atoms with van der Waals surface area (Å²) in [5, 5.41) is 0.175. The molecule has 0 saturated carbocycles. The van der Waals surface area contributed by atoms with E-state index in [1.807, 2.05) is 0 Å². The molecule has 0 bridgehead atoms. The van der Waals surface area contributed by atoms with Gasteiger partial charge < -0.3 is 14.9 Å². The summed E-state index contributed by atoms with van der Waals surface area (Å²) in [6, 6.07) is 22.5. The number of nitrogens with two attached hydrogens (primary N) is 1. The Labute approximate surface area is 205 Å². The van der Waals surface area contributed by atoms with Gasteiger partial charge in [-0.2, -0.15) is 0 Å². The Morgan fingerprint density at radius 1 is 0.829 bits per heavy atom. The van der Waals surface area contributed by atoms with E-state index in [4.69, 9.17) is 14.9 Å². The summed E-state index contributed by atoms with van der Waals surface area (Å²) in [5.74, 6) is 0.452. The molecular formula is C30H30NO4. The Kier molecular flexibility index (Phi) is 8.34. The molecule has 0 spiro atoms. The van der Waals surface area contributed by atoms with Gasteiger partial charge in [-0.15, -0.1) is 0 Å². The van der Waals surface area contributed by atoms with Crippen LogP contribution in [0.4, 0.5) is 5.69 Å². The van der Waals surface area contributed by atoms with Gasteiger partial charge in [-0.25, -0.2) is 0 Å². The minimum Gasteiger partial charge on any atom is -0.494 e. The van der Waals surface area contributed by atoms with Crippen molar-refractivity contribution in [2.75, 3.05) is 12.3 Å². The normalized spacial score (nSPS) is 11.0. The van der Waals surface area contributed by atoms with Gasteiger partial charge in [-0.3, -0.25) is 9.59 Å². The van der Waals surface area contributed by atoms with Crippen molar-refractivity contribution < 1.29 is 13.9 Å². The van der Waals surface area contributed by atoms with Crippen LogP contribution in [-0.4, -0.2) is 12.4 Å². The van der Waals surface area contributed by atoms with Gasteiger partial charge in [0.2, 0.25) is 5.43 Å². The van der Waals surface area contributed by atoms with Crippen LogP contribution in [0.25, 0.3) is 11.0 Å². The molecule has 0 amide bonds. The minimum absolute atomic E-state index is 0.145. The van der Waals surface area contributed by atoms with Crippen LogP contribution in [0.2, 0.25) is 0 Å². The van der Waals surface area contributed by atoms with Crippen LogP contribution in [0.1, 0.15) is 60.0 Å². The molecule has 4 rings (SSSR count). The number of ether oxygens (including phenoxy) is 1. The molecule has 5 heteroatoms. The summed E-state index contributed by atoms with van der Waals surface area (Å²) >= 11 is 0.